The molecule has 1 aromatic carbocycles. The van der Waals surface area contributed by atoms with Crippen LogP contribution in [0.1, 0.15) is 37.7 Å². The van der Waals surface area contributed by atoms with E-state index in [1.165, 1.54) is 32.1 Å². The second-order valence-corrected chi connectivity index (χ2v) is 5.25. The van der Waals surface area contributed by atoms with Crippen molar-refractivity contribution < 1.29 is 4.79 Å². The van der Waals surface area contributed by atoms with Gasteiger partial charge < -0.3 is 0 Å². The highest BCUT2D eigenvalue weighted by Gasteiger charge is 2.25. The lowest BCUT2D eigenvalue weighted by atomic mass is 9.86. The molecular weight excluding hydrogens is 236 g/mol. The van der Waals surface area contributed by atoms with Gasteiger partial charge in [-0.3, -0.25) is 4.79 Å². The maximum atomic E-state index is 11.9. The Morgan fingerprint density at radius 3 is 2.58 bits per heavy atom. The number of allylic oxidation sites excluding steroid dienone is 1. The number of nitrogens with zero attached hydrogens (tertiary/aromatic N) is 1. The third-order valence-corrected chi connectivity index (χ3v) is 3.87. The minimum atomic E-state index is -0.0653. The van der Waals surface area contributed by atoms with Crippen molar-refractivity contribution in [3.63, 3.8) is 0 Å². The van der Waals surface area contributed by atoms with Gasteiger partial charge in [0.2, 0.25) is 0 Å². The SMILES string of the molecule is O=C1NN=C(c2ccccc2)/C1=C/C1CCCCC1. The Balaban J connectivity index is 1.88. The molecule has 3 nitrogen and oxygen atoms in total. The van der Waals surface area contributed by atoms with E-state index >= 15 is 0 Å². The van der Waals surface area contributed by atoms with E-state index in [1.807, 2.05) is 30.3 Å². The molecule has 0 aromatic heterocycles. The van der Waals surface area contributed by atoms with Crippen LogP contribution in [0.5, 0.6) is 0 Å². The second kappa shape index (κ2) is 5.39. The van der Waals surface area contributed by atoms with Gasteiger partial charge in [0.1, 0.15) is 5.71 Å². The van der Waals surface area contributed by atoms with Crippen LogP contribution in [0.15, 0.2) is 47.1 Å². The summed E-state index contributed by atoms with van der Waals surface area (Å²) in [5.74, 6) is 0.464. The molecule has 0 radical (unpaired) electrons. The van der Waals surface area contributed by atoms with E-state index in [4.69, 9.17) is 0 Å². The second-order valence-electron chi connectivity index (χ2n) is 5.25. The molecule has 98 valence electrons. The van der Waals surface area contributed by atoms with Crippen LogP contribution in [0.2, 0.25) is 0 Å². The first-order valence-corrected chi connectivity index (χ1v) is 7.00. The molecule has 0 spiro atoms. The van der Waals surface area contributed by atoms with Gasteiger partial charge in [0.05, 0.1) is 5.57 Å². The Bertz CT molecular complexity index is 525. The number of hydrazone groups is 1. The highest BCUT2D eigenvalue weighted by molar-refractivity contribution is 6.30. The monoisotopic (exact) mass is 254 g/mol. The lowest BCUT2D eigenvalue weighted by molar-refractivity contribution is -0.116. The third-order valence-electron chi connectivity index (χ3n) is 3.87. The Kier molecular flexibility index (Phi) is 3.45. The van der Waals surface area contributed by atoms with Crippen molar-refractivity contribution >= 4 is 11.6 Å². The Labute approximate surface area is 113 Å². The highest BCUT2D eigenvalue weighted by atomic mass is 16.2. The third kappa shape index (κ3) is 2.60. The van der Waals surface area contributed by atoms with E-state index in [0.717, 1.165) is 16.8 Å². The molecule has 1 fully saturated rings. The molecule has 1 aliphatic heterocycles. The summed E-state index contributed by atoms with van der Waals surface area (Å²) in [5, 5.41) is 4.18. The standard InChI is InChI=1S/C16H18N2O/c19-16-14(11-12-7-3-1-4-8-12)15(17-18-16)13-9-5-2-6-10-13/h2,5-6,9-12H,1,3-4,7-8H2,(H,18,19)/b14-11-. The Hall–Kier alpha value is -1.90. The summed E-state index contributed by atoms with van der Waals surface area (Å²) >= 11 is 0. The van der Waals surface area contributed by atoms with Gasteiger partial charge in [0.25, 0.3) is 5.91 Å². The first-order valence-electron chi connectivity index (χ1n) is 7.00. The fourth-order valence-corrected chi connectivity index (χ4v) is 2.84. The van der Waals surface area contributed by atoms with Crippen LogP contribution < -0.4 is 5.43 Å². The van der Waals surface area contributed by atoms with Crippen LogP contribution in [0.25, 0.3) is 0 Å². The number of amides is 1. The summed E-state index contributed by atoms with van der Waals surface area (Å²) in [7, 11) is 0. The molecule has 0 bridgehead atoms. The molecule has 1 N–H and O–H groups in total. The fourth-order valence-electron chi connectivity index (χ4n) is 2.84. The molecule has 1 amide bonds. The van der Waals surface area contributed by atoms with Crippen LogP contribution in [-0.2, 0) is 4.79 Å². The number of rotatable bonds is 2. The van der Waals surface area contributed by atoms with Gasteiger partial charge in [-0.05, 0) is 18.8 Å². The first-order chi connectivity index (χ1) is 9.34. The number of hydrogen-bond donors (Lipinski definition) is 1. The van der Waals surface area contributed by atoms with Gasteiger partial charge in [0, 0.05) is 5.56 Å². The zero-order chi connectivity index (χ0) is 13.1. The Morgan fingerprint density at radius 1 is 1.11 bits per heavy atom. The van der Waals surface area contributed by atoms with Crippen LogP contribution >= 0.6 is 0 Å². The molecular formula is C16H18N2O. The topological polar surface area (TPSA) is 41.5 Å². The predicted octanol–water partition coefficient (Wildman–Crippen LogP) is 3.03. The fraction of sp³-hybridized carbons (Fsp3) is 0.375. The number of nitrogens with one attached hydrogen (secondary N) is 1. The number of benzene rings is 1. The van der Waals surface area contributed by atoms with Gasteiger partial charge >= 0.3 is 0 Å². The quantitative estimate of drug-likeness (QED) is 0.810. The maximum Gasteiger partial charge on any atom is 0.273 e. The van der Waals surface area contributed by atoms with Gasteiger partial charge in [-0.2, -0.15) is 5.10 Å². The first kappa shape index (κ1) is 12.2. The van der Waals surface area contributed by atoms with E-state index in [-0.39, 0.29) is 5.91 Å². The summed E-state index contributed by atoms with van der Waals surface area (Å²) in [6, 6.07) is 9.90. The maximum absolute atomic E-state index is 11.9. The van der Waals surface area contributed by atoms with Crippen LogP contribution in [-0.4, -0.2) is 11.6 Å². The highest BCUT2D eigenvalue weighted by Crippen LogP contribution is 2.27. The summed E-state index contributed by atoms with van der Waals surface area (Å²) in [5.41, 5.74) is 5.13. The van der Waals surface area contributed by atoms with E-state index < -0.39 is 0 Å². The number of hydrogen-bond acceptors (Lipinski definition) is 2. The van der Waals surface area contributed by atoms with Crippen LogP contribution in [0.3, 0.4) is 0 Å². The molecule has 3 heteroatoms. The van der Waals surface area contributed by atoms with E-state index in [1.54, 1.807) is 0 Å². The average Bonchev–Trinajstić information content (AvgIpc) is 2.82. The summed E-state index contributed by atoms with van der Waals surface area (Å²) in [6.07, 6.45) is 8.39. The molecule has 0 saturated heterocycles. The smallest absolute Gasteiger partial charge is 0.267 e. The minimum Gasteiger partial charge on any atom is -0.267 e. The molecule has 1 aliphatic carbocycles. The van der Waals surface area contributed by atoms with Gasteiger partial charge in [-0.25, -0.2) is 5.43 Å². The molecule has 1 aromatic rings. The molecule has 2 aliphatic rings. The van der Waals surface area contributed by atoms with Crippen molar-refractivity contribution in [2.24, 2.45) is 11.0 Å². The lowest BCUT2D eigenvalue weighted by Crippen LogP contribution is -2.16. The lowest BCUT2D eigenvalue weighted by Gasteiger charge is -2.18. The largest absolute Gasteiger partial charge is 0.273 e. The van der Waals surface area contributed by atoms with Crippen molar-refractivity contribution in [3.05, 3.63) is 47.5 Å². The van der Waals surface area contributed by atoms with E-state index in [0.29, 0.717) is 5.92 Å². The van der Waals surface area contributed by atoms with Crippen molar-refractivity contribution in [2.45, 2.75) is 32.1 Å². The predicted molar refractivity (Wildman–Crippen MR) is 75.8 cm³/mol. The Morgan fingerprint density at radius 2 is 1.84 bits per heavy atom. The van der Waals surface area contributed by atoms with Crippen LogP contribution in [0, 0.1) is 5.92 Å². The summed E-state index contributed by atoms with van der Waals surface area (Å²) in [4.78, 5) is 11.9. The molecule has 3 rings (SSSR count). The van der Waals surface area contributed by atoms with Gasteiger partial charge in [0.15, 0.2) is 0 Å². The minimum absolute atomic E-state index is 0.0653. The normalized spacial score (nSPS) is 22.4. The summed E-state index contributed by atoms with van der Waals surface area (Å²) < 4.78 is 0. The molecule has 0 atom stereocenters. The van der Waals surface area contributed by atoms with Crippen LogP contribution in [0.4, 0.5) is 0 Å². The van der Waals surface area contributed by atoms with Crippen molar-refractivity contribution in [2.75, 3.05) is 0 Å². The number of carbonyl (C=O) groups excluding carboxylic acids is 1. The average molecular weight is 254 g/mol. The summed E-state index contributed by atoms with van der Waals surface area (Å²) in [6.45, 7) is 0. The zero-order valence-electron chi connectivity index (χ0n) is 10.9. The van der Waals surface area contributed by atoms with Crippen molar-refractivity contribution in [3.8, 4) is 0 Å². The van der Waals surface area contributed by atoms with E-state index in [9.17, 15) is 4.79 Å². The van der Waals surface area contributed by atoms with E-state index in [2.05, 4.69) is 16.6 Å². The van der Waals surface area contributed by atoms with Crippen molar-refractivity contribution in [1.82, 2.24) is 5.43 Å². The molecule has 0 unspecified atom stereocenters. The van der Waals surface area contributed by atoms with Gasteiger partial charge in [-0.1, -0.05) is 55.7 Å². The molecule has 1 heterocycles. The van der Waals surface area contributed by atoms with Gasteiger partial charge in [-0.15, -0.1) is 0 Å². The number of carbonyl (C=O) groups is 1. The molecule has 19 heavy (non-hydrogen) atoms. The molecule has 1 saturated carbocycles. The zero-order valence-corrected chi connectivity index (χ0v) is 10.9. The van der Waals surface area contributed by atoms with Crippen molar-refractivity contribution in [1.29, 1.82) is 0 Å².